The molecule has 1 amide bonds. The van der Waals surface area contributed by atoms with Crippen LogP contribution in [-0.2, 0) is 16.1 Å². The second-order valence-electron chi connectivity index (χ2n) is 4.28. The SMILES string of the molecule is COCCC(N)C(=O)NCc1ccc(OC)cc1OC. The normalized spacial score (nSPS) is 11.8. The number of ether oxygens (including phenoxy) is 3. The molecule has 1 rings (SSSR count). The summed E-state index contributed by atoms with van der Waals surface area (Å²) in [5, 5.41) is 2.78. The average molecular weight is 282 g/mol. The number of nitrogens with one attached hydrogen (secondary N) is 1. The minimum absolute atomic E-state index is 0.208. The van der Waals surface area contributed by atoms with Gasteiger partial charge in [-0.3, -0.25) is 4.79 Å². The molecule has 0 saturated heterocycles. The van der Waals surface area contributed by atoms with Crippen LogP contribution in [0.5, 0.6) is 11.5 Å². The molecule has 0 aromatic heterocycles. The van der Waals surface area contributed by atoms with Crippen LogP contribution in [0.4, 0.5) is 0 Å². The molecule has 0 bridgehead atoms. The average Bonchev–Trinajstić information content (AvgIpc) is 2.49. The predicted molar refractivity (Wildman–Crippen MR) is 75.9 cm³/mol. The quantitative estimate of drug-likeness (QED) is 0.733. The zero-order chi connectivity index (χ0) is 15.0. The molecule has 6 heteroatoms. The Balaban J connectivity index is 2.58. The lowest BCUT2D eigenvalue weighted by Crippen LogP contribution is -2.40. The van der Waals surface area contributed by atoms with E-state index in [0.29, 0.717) is 31.1 Å². The van der Waals surface area contributed by atoms with Gasteiger partial charge in [-0.2, -0.15) is 0 Å². The van der Waals surface area contributed by atoms with Gasteiger partial charge in [-0.05, 0) is 18.6 Å². The van der Waals surface area contributed by atoms with Crippen LogP contribution in [0.3, 0.4) is 0 Å². The van der Waals surface area contributed by atoms with Crippen molar-refractivity contribution in [2.45, 2.75) is 19.0 Å². The standard InChI is InChI=1S/C14H22N2O4/c1-18-7-6-12(15)14(17)16-9-10-4-5-11(19-2)8-13(10)20-3/h4-5,8,12H,6-7,9,15H2,1-3H3,(H,16,17). The van der Waals surface area contributed by atoms with Gasteiger partial charge in [-0.15, -0.1) is 0 Å². The molecule has 1 aromatic carbocycles. The number of methoxy groups -OCH3 is 3. The van der Waals surface area contributed by atoms with E-state index in [-0.39, 0.29) is 5.91 Å². The number of carbonyl (C=O) groups excluding carboxylic acids is 1. The highest BCUT2D eigenvalue weighted by Crippen LogP contribution is 2.24. The highest BCUT2D eigenvalue weighted by atomic mass is 16.5. The van der Waals surface area contributed by atoms with Crippen molar-refractivity contribution < 1.29 is 19.0 Å². The van der Waals surface area contributed by atoms with Gasteiger partial charge in [0.25, 0.3) is 0 Å². The Bertz CT molecular complexity index is 437. The van der Waals surface area contributed by atoms with Crippen molar-refractivity contribution in [2.24, 2.45) is 5.73 Å². The summed E-state index contributed by atoms with van der Waals surface area (Å²) in [5.74, 6) is 1.16. The van der Waals surface area contributed by atoms with Crippen molar-refractivity contribution in [3.63, 3.8) is 0 Å². The molecule has 1 unspecified atom stereocenters. The largest absolute Gasteiger partial charge is 0.497 e. The second kappa shape index (κ2) is 8.39. The predicted octanol–water partition coefficient (Wildman–Crippen LogP) is 0.684. The molecule has 0 radical (unpaired) electrons. The van der Waals surface area contributed by atoms with Crippen LogP contribution in [0.1, 0.15) is 12.0 Å². The molecule has 6 nitrogen and oxygen atoms in total. The van der Waals surface area contributed by atoms with Gasteiger partial charge in [-0.25, -0.2) is 0 Å². The van der Waals surface area contributed by atoms with Gasteiger partial charge in [0, 0.05) is 31.9 Å². The third kappa shape index (κ3) is 4.71. The molecular weight excluding hydrogens is 260 g/mol. The summed E-state index contributed by atoms with van der Waals surface area (Å²) in [7, 11) is 4.74. The number of amides is 1. The molecule has 0 aliphatic heterocycles. The van der Waals surface area contributed by atoms with Crippen molar-refractivity contribution in [3.05, 3.63) is 23.8 Å². The van der Waals surface area contributed by atoms with Gasteiger partial charge in [0.15, 0.2) is 0 Å². The zero-order valence-corrected chi connectivity index (χ0v) is 12.1. The van der Waals surface area contributed by atoms with Crippen LogP contribution in [0.2, 0.25) is 0 Å². The van der Waals surface area contributed by atoms with E-state index in [1.807, 2.05) is 12.1 Å². The first-order valence-electron chi connectivity index (χ1n) is 6.35. The van der Waals surface area contributed by atoms with Gasteiger partial charge in [0.1, 0.15) is 11.5 Å². The van der Waals surface area contributed by atoms with Crippen LogP contribution in [0.15, 0.2) is 18.2 Å². The maximum atomic E-state index is 11.8. The van der Waals surface area contributed by atoms with Crippen LogP contribution < -0.4 is 20.5 Å². The molecule has 0 spiro atoms. The number of hydrogen-bond acceptors (Lipinski definition) is 5. The van der Waals surface area contributed by atoms with Crippen molar-refractivity contribution in [3.8, 4) is 11.5 Å². The van der Waals surface area contributed by atoms with Crippen LogP contribution in [-0.4, -0.2) is 39.9 Å². The number of carbonyl (C=O) groups is 1. The first kappa shape index (κ1) is 16.3. The van der Waals surface area contributed by atoms with Crippen molar-refractivity contribution >= 4 is 5.91 Å². The molecular formula is C14H22N2O4. The highest BCUT2D eigenvalue weighted by Gasteiger charge is 2.13. The monoisotopic (exact) mass is 282 g/mol. The third-order valence-electron chi connectivity index (χ3n) is 2.92. The Morgan fingerprint density at radius 1 is 1.30 bits per heavy atom. The Hall–Kier alpha value is -1.79. The van der Waals surface area contributed by atoms with E-state index in [2.05, 4.69) is 5.32 Å². The smallest absolute Gasteiger partial charge is 0.237 e. The van der Waals surface area contributed by atoms with E-state index in [1.54, 1.807) is 27.4 Å². The number of hydrogen-bond donors (Lipinski definition) is 2. The van der Waals surface area contributed by atoms with Gasteiger partial charge >= 0.3 is 0 Å². The summed E-state index contributed by atoms with van der Waals surface area (Å²) >= 11 is 0. The minimum Gasteiger partial charge on any atom is -0.497 e. The third-order valence-corrected chi connectivity index (χ3v) is 2.92. The minimum atomic E-state index is -0.570. The van der Waals surface area contributed by atoms with Crippen LogP contribution in [0, 0.1) is 0 Å². The Labute approximate surface area is 119 Å². The summed E-state index contributed by atoms with van der Waals surface area (Å²) in [5.41, 5.74) is 6.60. The summed E-state index contributed by atoms with van der Waals surface area (Å²) in [4.78, 5) is 11.8. The van der Waals surface area contributed by atoms with Gasteiger partial charge in [0.05, 0.1) is 20.3 Å². The fraction of sp³-hybridized carbons (Fsp3) is 0.500. The van der Waals surface area contributed by atoms with Gasteiger partial charge in [0.2, 0.25) is 5.91 Å². The lowest BCUT2D eigenvalue weighted by Gasteiger charge is -2.14. The van der Waals surface area contributed by atoms with E-state index in [9.17, 15) is 4.79 Å². The second-order valence-corrected chi connectivity index (χ2v) is 4.28. The molecule has 0 fully saturated rings. The Morgan fingerprint density at radius 3 is 2.65 bits per heavy atom. The maximum absolute atomic E-state index is 11.8. The number of benzene rings is 1. The molecule has 0 aliphatic carbocycles. The van der Waals surface area contributed by atoms with Crippen LogP contribution in [0.25, 0.3) is 0 Å². The van der Waals surface area contributed by atoms with Crippen molar-refractivity contribution in [2.75, 3.05) is 27.9 Å². The molecule has 0 saturated carbocycles. The summed E-state index contributed by atoms with van der Waals surface area (Å²) in [6.45, 7) is 0.813. The van der Waals surface area contributed by atoms with Gasteiger partial charge < -0.3 is 25.3 Å². The highest BCUT2D eigenvalue weighted by molar-refractivity contribution is 5.81. The molecule has 0 heterocycles. The van der Waals surface area contributed by atoms with E-state index in [0.717, 1.165) is 5.56 Å². The fourth-order valence-corrected chi connectivity index (χ4v) is 1.69. The number of nitrogens with two attached hydrogens (primary N) is 1. The maximum Gasteiger partial charge on any atom is 0.237 e. The van der Waals surface area contributed by atoms with E-state index in [1.165, 1.54) is 0 Å². The van der Waals surface area contributed by atoms with Crippen LogP contribution >= 0.6 is 0 Å². The molecule has 112 valence electrons. The zero-order valence-electron chi connectivity index (χ0n) is 12.1. The summed E-state index contributed by atoms with van der Waals surface area (Å²) in [6.07, 6.45) is 0.488. The lowest BCUT2D eigenvalue weighted by atomic mass is 10.1. The van der Waals surface area contributed by atoms with E-state index >= 15 is 0 Å². The Morgan fingerprint density at radius 2 is 2.05 bits per heavy atom. The molecule has 1 aromatic rings. The van der Waals surface area contributed by atoms with Gasteiger partial charge in [-0.1, -0.05) is 0 Å². The van der Waals surface area contributed by atoms with Crippen molar-refractivity contribution in [1.29, 1.82) is 0 Å². The first-order chi connectivity index (χ1) is 9.62. The molecule has 3 N–H and O–H groups in total. The lowest BCUT2D eigenvalue weighted by molar-refractivity contribution is -0.122. The molecule has 1 atom stereocenters. The summed E-state index contributed by atoms with van der Waals surface area (Å²) < 4.78 is 15.3. The fourth-order valence-electron chi connectivity index (χ4n) is 1.69. The van der Waals surface area contributed by atoms with E-state index < -0.39 is 6.04 Å². The molecule has 0 aliphatic rings. The van der Waals surface area contributed by atoms with Crippen molar-refractivity contribution in [1.82, 2.24) is 5.32 Å². The number of rotatable bonds is 8. The summed E-state index contributed by atoms with van der Waals surface area (Å²) in [6, 6.07) is 4.86. The first-order valence-corrected chi connectivity index (χ1v) is 6.35. The topological polar surface area (TPSA) is 82.8 Å². The Kier molecular flexibility index (Phi) is 6.83. The van der Waals surface area contributed by atoms with E-state index in [4.69, 9.17) is 19.9 Å². The molecule has 20 heavy (non-hydrogen) atoms.